The standard InChI is InChI=1S/C14H23NO3.C10H17NO.C9H15NO2.C9H15NO.2CH4.B3.B/c1-10(16)11-9-14(11)5-7-15(8-6-14)12(17)18-13(2,3)4;1-8(12)9-7-10(9)3-5-11(2)6-4-10;1-10-4-2-9(3-5-10)6-7(9)8(11)12;1-7(11)8-6-9(8)2-4-10-5-3-9;;;1-3-2;/h11H,5-9H2,1-4H3;9H,3-7H2,1-2H3;7H,2-6H2,1H3,(H,11,12);8,10H,2-6H2,1H3;2*1H4;;/t11-;9-;7-;8-;;;;/m1111..../s1. The Labute approximate surface area is 364 Å². The number of Topliss-reactive ketones (excluding diaryl/α,β-unsaturated/α-hetero) is 3. The molecule has 8 aliphatic rings. The van der Waals surface area contributed by atoms with Crippen LogP contribution in [0.25, 0.3) is 0 Å². The lowest BCUT2D eigenvalue weighted by Gasteiger charge is -2.34. The molecule has 0 aromatic heterocycles. The van der Waals surface area contributed by atoms with E-state index in [0.29, 0.717) is 40.0 Å². The van der Waals surface area contributed by atoms with Crippen molar-refractivity contribution in [3.05, 3.63) is 0 Å². The Morgan fingerprint density at radius 3 is 1.17 bits per heavy atom. The van der Waals surface area contributed by atoms with Gasteiger partial charge >= 0.3 is 12.1 Å². The second-order valence-corrected chi connectivity index (χ2v) is 19.7. The number of carboxylic acid groups (broad SMARTS) is 1. The SMILES string of the molecule is C.C.CC(=O)[C@H]1CC12CCN(C(=O)OC(C)(C)C)CC2.CC(=O)[C@H]1CC12CCN(C)CC2.CC(=O)[C@H]1CC12CCNCC2.CN1CCC2(CC1)C[C@@H]2C(=O)O.[B].[B][B][B]. The number of amides is 1. The summed E-state index contributed by atoms with van der Waals surface area (Å²) in [7, 11) is 14.3. The van der Waals surface area contributed by atoms with Gasteiger partial charge in [0.15, 0.2) is 0 Å². The van der Waals surface area contributed by atoms with Gasteiger partial charge in [0, 0.05) is 61.8 Å². The highest BCUT2D eigenvalue weighted by Gasteiger charge is 2.60. The number of nitrogens with one attached hydrogen (secondary N) is 1. The number of ketones is 3. The molecule has 11 nitrogen and oxygen atoms in total. The highest BCUT2D eigenvalue weighted by Crippen LogP contribution is 2.61. The van der Waals surface area contributed by atoms with Crippen LogP contribution >= 0.6 is 0 Å². The van der Waals surface area contributed by atoms with E-state index >= 15 is 0 Å². The number of hydrogen-bond donors (Lipinski definition) is 2. The molecule has 4 heterocycles. The Kier molecular flexibility index (Phi) is 20.8. The third-order valence-corrected chi connectivity index (χ3v) is 14.5. The summed E-state index contributed by atoms with van der Waals surface area (Å²) in [5, 5.41) is 12.2. The second kappa shape index (κ2) is 22.3. The third kappa shape index (κ3) is 14.8. The minimum absolute atomic E-state index is 0. The highest BCUT2D eigenvalue weighted by atomic mass is 16.6. The molecular weight excluding hydrogens is 740 g/mol. The first-order valence-corrected chi connectivity index (χ1v) is 21.2. The predicted molar refractivity (Wildman–Crippen MR) is 241 cm³/mol. The number of piperidine rings is 4. The summed E-state index contributed by atoms with van der Waals surface area (Å²) in [6, 6.07) is 0. The van der Waals surface area contributed by atoms with E-state index in [-0.39, 0.29) is 52.0 Å². The maximum atomic E-state index is 11.9. The molecule has 4 saturated carbocycles. The summed E-state index contributed by atoms with van der Waals surface area (Å²) in [5.41, 5.74) is 0.895. The van der Waals surface area contributed by atoms with Crippen LogP contribution < -0.4 is 5.32 Å². The number of hydrogen-bond acceptors (Lipinski definition) is 9. The van der Waals surface area contributed by atoms with Gasteiger partial charge < -0.3 is 29.9 Å². The van der Waals surface area contributed by atoms with Crippen molar-refractivity contribution >= 4 is 60.4 Å². The maximum Gasteiger partial charge on any atom is 0.410 e. The number of carbonyl (C=O) groups excluding carboxylic acids is 4. The summed E-state index contributed by atoms with van der Waals surface area (Å²) in [5.74, 6) is 1.62. The summed E-state index contributed by atoms with van der Waals surface area (Å²) in [4.78, 5) is 62.6. The molecule has 15 heteroatoms. The summed E-state index contributed by atoms with van der Waals surface area (Å²) >= 11 is 0. The maximum absolute atomic E-state index is 11.9. The Hall–Kier alpha value is -2.11. The molecule has 0 aromatic carbocycles. The number of rotatable bonds is 4. The van der Waals surface area contributed by atoms with Crippen LogP contribution in [0.2, 0.25) is 0 Å². The predicted octanol–water partition coefficient (Wildman–Crippen LogP) is 5.44. The number of aliphatic carboxylic acids is 1. The van der Waals surface area contributed by atoms with Crippen LogP contribution in [0.5, 0.6) is 0 Å². The monoisotopic (exact) mass is 819 g/mol. The Balaban J connectivity index is 0.000000384. The third-order valence-electron chi connectivity index (χ3n) is 14.5. The summed E-state index contributed by atoms with van der Waals surface area (Å²) in [6.07, 6.45) is 13.0. The Morgan fingerprint density at radius 1 is 0.610 bits per heavy atom. The largest absolute Gasteiger partial charge is 0.481 e. The van der Waals surface area contributed by atoms with Crippen molar-refractivity contribution in [1.29, 1.82) is 0 Å². The Bertz CT molecular complexity index is 1350. The van der Waals surface area contributed by atoms with Crippen LogP contribution in [0.1, 0.15) is 133 Å². The molecule has 1 amide bonds. The van der Waals surface area contributed by atoms with Gasteiger partial charge in [-0.15, -0.1) is 0 Å². The normalized spacial score (nSPS) is 28.1. The molecule has 0 aromatic rings. The topological polar surface area (TPSA) is 137 Å². The van der Waals surface area contributed by atoms with Crippen molar-refractivity contribution in [3.8, 4) is 0 Å². The molecule has 0 bridgehead atoms. The lowest BCUT2D eigenvalue weighted by Crippen LogP contribution is -2.42. The average Bonchev–Trinajstić information content (AvgIpc) is 4.01. The zero-order chi connectivity index (χ0) is 41.7. The average molecular weight is 818 g/mol. The summed E-state index contributed by atoms with van der Waals surface area (Å²) in [6.45, 7) is 19.0. The van der Waals surface area contributed by atoms with Crippen LogP contribution in [-0.2, 0) is 23.9 Å². The highest BCUT2D eigenvalue weighted by molar-refractivity contribution is 7.17. The molecule has 8 rings (SSSR count). The fourth-order valence-corrected chi connectivity index (χ4v) is 10.2. The van der Waals surface area contributed by atoms with Gasteiger partial charge in [-0.3, -0.25) is 19.2 Å². The smallest absolute Gasteiger partial charge is 0.410 e. The van der Waals surface area contributed by atoms with Gasteiger partial charge in [0.1, 0.15) is 23.0 Å². The van der Waals surface area contributed by atoms with E-state index in [1.165, 1.54) is 51.6 Å². The zero-order valence-electron chi connectivity index (χ0n) is 36.5. The van der Waals surface area contributed by atoms with Gasteiger partial charge in [-0.1, -0.05) is 14.9 Å². The molecule has 4 spiro atoms. The van der Waals surface area contributed by atoms with Crippen LogP contribution in [-0.4, -0.2) is 152 Å². The molecule has 4 saturated heterocycles. The van der Waals surface area contributed by atoms with Crippen molar-refractivity contribution in [1.82, 2.24) is 20.0 Å². The van der Waals surface area contributed by atoms with Gasteiger partial charge in [-0.25, -0.2) is 4.79 Å². The Morgan fingerprint density at radius 2 is 0.898 bits per heavy atom. The molecule has 4 atom stereocenters. The molecule has 8 fully saturated rings. The zero-order valence-corrected chi connectivity index (χ0v) is 36.5. The number of ether oxygens (including phenoxy) is 1. The lowest BCUT2D eigenvalue weighted by molar-refractivity contribution is -0.139. The van der Waals surface area contributed by atoms with Gasteiger partial charge in [0.05, 0.1) is 5.92 Å². The molecule has 2 N–H and O–H groups in total. The van der Waals surface area contributed by atoms with Gasteiger partial charge in [-0.2, -0.15) is 0 Å². The first kappa shape index (κ1) is 54.9. The van der Waals surface area contributed by atoms with E-state index in [1.54, 1.807) is 25.7 Å². The van der Waals surface area contributed by atoms with E-state index in [1.807, 2.05) is 20.8 Å². The minimum Gasteiger partial charge on any atom is -0.481 e. The van der Waals surface area contributed by atoms with E-state index in [0.717, 1.165) is 84.9 Å². The molecule has 4 aliphatic carbocycles. The van der Waals surface area contributed by atoms with E-state index in [9.17, 15) is 24.0 Å². The fourth-order valence-electron chi connectivity index (χ4n) is 10.2. The number of carboxylic acids is 1. The van der Waals surface area contributed by atoms with Crippen molar-refractivity contribution < 1.29 is 33.8 Å². The fraction of sp³-hybridized carbons (Fsp3) is 0.886. The second-order valence-electron chi connectivity index (χ2n) is 19.7. The van der Waals surface area contributed by atoms with Gasteiger partial charge in [-0.05, 0) is 194 Å². The molecule has 0 unspecified atom stereocenters. The quantitative estimate of drug-likeness (QED) is 0.354. The van der Waals surface area contributed by atoms with Crippen LogP contribution in [0.15, 0.2) is 0 Å². The first-order chi connectivity index (χ1) is 26.2. The number of nitrogens with zero attached hydrogens (tertiary/aromatic N) is 3. The number of carbonyl (C=O) groups is 5. The number of likely N-dealkylation sites (tertiary alicyclic amines) is 3. The van der Waals surface area contributed by atoms with Gasteiger partial charge in [0.25, 0.3) is 0 Å². The minimum atomic E-state index is -0.584. The molecule has 328 valence electrons. The van der Waals surface area contributed by atoms with Crippen LogP contribution in [0.3, 0.4) is 0 Å². The van der Waals surface area contributed by atoms with Crippen molar-refractivity contribution in [2.75, 3.05) is 66.5 Å². The van der Waals surface area contributed by atoms with E-state index in [2.05, 4.69) is 44.7 Å². The van der Waals surface area contributed by atoms with Crippen LogP contribution in [0, 0.1) is 45.3 Å². The van der Waals surface area contributed by atoms with Crippen molar-refractivity contribution in [2.45, 2.75) is 139 Å². The molecule has 4 aliphatic heterocycles. The first-order valence-electron chi connectivity index (χ1n) is 21.2. The van der Waals surface area contributed by atoms with Crippen molar-refractivity contribution in [2.24, 2.45) is 45.3 Å². The molecule has 8 radical (unpaired) electrons. The van der Waals surface area contributed by atoms with E-state index in [4.69, 9.17) is 9.84 Å². The summed E-state index contributed by atoms with van der Waals surface area (Å²) < 4.78 is 5.36. The van der Waals surface area contributed by atoms with Crippen molar-refractivity contribution in [3.63, 3.8) is 0 Å². The van der Waals surface area contributed by atoms with Gasteiger partial charge in [0.2, 0.25) is 0 Å². The van der Waals surface area contributed by atoms with E-state index < -0.39 is 11.6 Å². The van der Waals surface area contributed by atoms with Crippen LogP contribution in [0.4, 0.5) is 4.79 Å². The molecule has 59 heavy (non-hydrogen) atoms. The lowest BCUT2D eigenvalue weighted by atomic mass is 9.40. The molecular formula is C44H78B4N4O7.